The van der Waals surface area contributed by atoms with Gasteiger partial charge in [-0.15, -0.1) is 0 Å². The summed E-state index contributed by atoms with van der Waals surface area (Å²) in [6, 6.07) is 4.82. The van der Waals surface area contributed by atoms with Crippen molar-refractivity contribution in [2.45, 2.75) is 18.8 Å². The first-order valence-corrected chi connectivity index (χ1v) is 6.88. The molecule has 1 unspecified atom stereocenters. The molecule has 2 heterocycles. The van der Waals surface area contributed by atoms with Gasteiger partial charge in [0.05, 0.1) is 24.6 Å². The minimum absolute atomic E-state index is 0.304. The Morgan fingerprint density at radius 1 is 1.40 bits per heavy atom. The molecular formula is C15H18FN3O. The first-order valence-electron chi connectivity index (χ1n) is 6.88. The summed E-state index contributed by atoms with van der Waals surface area (Å²) in [4.78, 5) is 7.66. The van der Waals surface area contributed by atoms with Gasteiger partial charge in [0.2, 0.25) is 0 Å². The highest BCUT2D eigenvalue weighted by atomic mass is 19.1. The number of methoxy groups -OCH3 is 1. The van der Waals surface area contributed by atoms with Crippen molar-refractivity contribution in [2.75, 3.05) is 20.2 Å². The molecule has 1 aliphatic rings. The monoisotopic (exact) mass is 275 g/mol. The molecule has 3 rings (SSSR count). The summed E-state index contributed by atoms with van der Waals surface area (Å²) in [7, 11) is 1.54. The number of benzene rings is 1. The van der Waals surface area contributed by atoms with E-state index < -0.39 is 0 Å². The zero-order valence-electron chi connectivity index (χ0n) is 11.4. The van der Waals surface area contributed by atoms with Crippen LogP contribution in [-0.4, -0.2) is 30.2 Å². The Kier molecular flexibility index (Phi) is 3.69. The summed E-state index contributed by atoms with van der Waals surface area (Å²) in [5, 5.41) is 3.36. The largest absolute Gasteiger partial charge is 0.496 e. The topological polar surface area (TPSA) is 49.9 Å². The van der Waals surface area contributed by atoms with E-state index in [1.165, 1.54) is 6.07 Å². The molecule has 1 saturated heterocycles. The predicted octanol–water partition coefficient (Wildman–Crippen LogP) is 2.69. The lowest BCUT2D eigenvalue weighted by Gasteiger charge is -2.20. The van der Waals surface area contributed by atoms with E-state index in [1.54, 1.807) is 25.4 Å². The fourth-order valence-corrected chi connectivity index (χ4v) is 2.69. The van der Waals surface area contributed by atoms with Crippen LogP contribution in [0.3, 0.4) is 0 Å². The molecule has 0 bridgehead atoms. The summed E-state index contributed by atoms with van der Waals surface area (Å²) in [6.07, 6.45) is 3.93. The number of nitrogens with zero attached hydrogens (tertiary/aromatic N) is 1. The van der Waals surface area contributed by atoms with Gasteiger partial charge in [0.1, 0.15) is 17.4 Å². The van der Waals surface area contributed by atoms with Crippen molar-refractivity contribution in [3.05, 3.63) is 36.0 Å². The molecular weight excluding hydrogens is 257 g/mol. The number of aromatic nitrogens is 2. The van der Waals surface area contributed by atoms with Crippen LogP contribution >= 0.6 is 0 Å². The zero-order valence-corrected chi connectivity index (χ0v) is 11.4. The predicted molar refractivity (Wildman–Crippen MR) is 75.4 cm³/mol. The third-order valence-electron chi connectivity index (χ3n) is 3.74. The molecule has 0 radical (unpaired) electrons. The number of rotatable bonds is 3. The van der Waals surface area contributed by atoms with Gasteiger partial charge in [0, 0.05) is 12.5 Å². The van der Waals surface area contributed by atoms with Crippen LogP contribution in [0.4, 0.5) is 4.39 Å². The van der Waals surface area contributed by atoms with Gasteiger partial charge in [-0.05, 0) is 31.5 Å². The third-order valence-corrected chi connectivity index (χ3v) is 3.74. The Balaban J connectivity index is 1.93. The number of halogens is 1. The summed E-state index contributed by atoms with van der Waals surface area (Å²) in [5.41, 5.74) is 1.11. The molecule has 2 N–H and O–H groups in total. The summed E-state index contributed by atoms with van der Waals surface area (Å²) >= 11 is 0. The minimum Gasteiger partial charge on any atom is -0.496 e. The van der Waals surface area contributed by atoms with Gasteiger partial charge in [0.15, 0.2) is 0 Å². The maximum absolute atomic E-state index is 14.0. The molecule has 1 fully saturated rings. The van der Waals surface area contributed by atoms with Crippen LogP contribution in [0.1, 0.15) is 24.6 Å². The van der Waals surface area contributed by atoms with Crippen molar-refractivity contribution in [1.29, 1.82) is 0 Å². The van der Waals surface area contributed by atoms with E-state index in [-0.39, 0.29) is 5.82 Å². The van der Waals surface area contributed by atoms with Gasteiger partial charge in [-0.1, -0.05) is 6.07 Å². The van der Waals surface area contributed by atoms with Gasteiger partial charge in [0.25, 0.3) is 0 Å². The lowest BCUT2D eigenvalue weighted by molar-refractivity contribution is 0.413. The number of imidazole rings is 1. The molecule has 1 aromatic heterocycles. The number of aromatic amines is 1. The normalized spacial score (nSPS) is 19.0. The van der Waals surface area contributed by atoms with Crippen LogP contribution in [0.2, 0.25) is 0 Å². The third kappa shape index (κ3) is 2.41. The van der Waals surface area contributed by atoms with Crippen LogP contribution in [0.15, 0.2) is 24.4 Å². The second-order valence-electron chi connectivity index (χ2n) is 5.04. The van der Waals surface area contributed by atoms with Crippen LogP contribution in [0.5, 0.6) is 5.75 Å². The quantitative estimate of drug-likeness (QED) is 0.905. The first-order chi connectivity index (χ1) is 9.79. The van der Waals surface area contributed by atoms with Crippen LogP contribution in [0, 0.1) is 5.82 Å². The van der Waals surface area contributed by atoms with Gasteiger partial charge in [-0.3, -0.25) is 0 Å². The molecule has 0 amide bonds. The fourth-order valence-electron chi connectivity index (χ4n) is 2.69. The van der Waals surface area contributed by atoms with Crippen molar-refractivity contribution in [2.24, 2.45) is 0 Å². The number of hydrogen-bond acceptors (Lipinski definition) is 3. The van der Waals surface area contributed by atoms with E-state index >= 15 is 0 Å². The highest BCUT2D eigenvalue weighted by Gasteiger charge is 2.20. The van der Waals surface area contributed by atoms with E-state index in [2.05, 4.69) is 15.3 Å². The van der Waals surface area contributed by atoms with Gasteiger partial charge < -0.3 is 15.0 Å². The molecule has 4 nitrogen and oxygen atoms in total. The SMILES string of the molecule is COc1cccc(F)c1-c1cnc(C2CCCNC2)[nH]1. The smallest absolute Gasteiger partial charge is 0.136 e. The summed E-state index contributed by atoms with van der Waals surface area (Å²) in [5.74, 6) is 1.50. The lowest BCUT2D eigenvalue weighted by Crippen LogP contribution is -2.28. The maximum Gasteiger partial charge on any atom is 0.136 e. The van der Waals surface area contributed by atoms with Crippen LogP contribution in [0.25, 0.3) is 11.3 Å². The lowest BCUT2D eigenvalue weighted by atomic mass is 9.99. The van der Waals surface area contributed by atoms with Crippen molar-refractivity contribution >= 4 is 0 Å². The number of ether oxygens (including phenoxy) is 1. The number of nitrogens with one attached hydrogen (secondary N) is 2. The molecule has 1 aliphatic heterocycles. The number of hydrogen-bond donors (Lipinski definition) is 2. The second kappa shape index (κ2) is 5.63. The van der Waals surface area contributed by atoms with Gasteiger partial charge >= 0.3 is 0 Å². The molecule has 20 heavy (non-hydrogen) atoms. The van der Waals surface area contributed by atoms with Crippen molar-refractivity contribution in [3.63, 3.8) is 0 Å². The highest BCUT2D eigenvalue weighted by Crippen LogP contribution is 2.32. The van der Waals surface area contributed by atoms with Gasteiger partial charge in [-0.25, -0.2) is 9.37 Å². The Morgan fingerprint density at radius 3 is 3.05 bits per heavy atom. The van der Waals surface area contributed by atoms with E-state index in [4.69, 9.17) is 4.74 Å². The van der Waals surface area contributed by atoms with Crippen LogP contribution < -0.4 is 10.1 Å². The molecule has 106 valence electrons. The van der Waals surface area contributed by atoms with E-state index in [1.807, 2.05) is 0 Å². The molecule has 0 saturated carbocycles. The van der Waals surface area contributed by atoms with E-state index in [0.29, 0.717) is 22.9 Å². The summed E-state index contributed by atoms with van der Waals surface area (Å²) < 4.78 is 19.3. The number of piperidine rings is 1. The molecule has 0 aliphatic carbocycles. The first kappa shape index (κ1) is 13.1. The Bertz CT molecular complexity index is 591. The van der Waals surface area contributed by atoms with Crippen LogP contribution in [-0.2, 0) is 0 Å². The second-order valence-corrected chi connectivity index (χ2v) is 5.04. The fraction of sp³-hybridized carbons (Fsp3) is 0.400. The molecule has 1 aromatic carbocycles. The summed E-state index contributed by atoms with van der Waals surface area (Å²) in [6.45, 7) is 1.98. The molecule has 1 atom stereocenters. The highest BCUT2D eigenvalue weighted by molar-refractivity contribution is 5.67. The van der Waals surface area contributed by atoms with Crippen molar-refractivity contribution in [3.8, 4) is 17.0 Å². The average molecular weight is 275 g/mol. The van der Waals surface area contributed by atoms with E-state index in [9.17, 15) is 4.39 Å². The van der Waals surface area contributed by atoms with E-state index in [0.717, 1.165) is 31.8 Å². The Hall–Kier alpha value is -1.88. The zero-order chi connectivity index (χ0) is 13.9. The van der Waals surface area contributed by atoms with Crippen molar-refractivity contribution < 1.29 is 9.13 Å². The van der Waals surface area contributed by atoms with Crippen molar-refractivity contribution in [1.82, 2.24) is 15.3 Å². The average Bonchev–Trinajstić information content (AvgIpc) is 2.97. The molecule has 2 aromatic rings. The Morgan fingerprint density at radius 2 is 2.30 bits per heavy atom. The minimum atomic E-state index is -0.304. The van der Waals surface area contributed by atoms with Gasteiger partial charge in [-0.2, -0.15) is 0 Å². The molecule has 5 heteroatoms. The number of H-pyrrole nitrogens is 1. The molecule has 0 spiro atoms. The maximum atomic E-state index is 14.0. The Labute approximate surface area is 117 Å². The standard InChI is InChI=1S/C15H18FN3O/c1-20-13-6-2-5-11(16)14(13)12-9-18-15(19-12)10-4-3-7-17-8-10/h2,5-6,9-10,17H,3-4,7-8H2,1H3,(H,18,19).